The van der Waals surface area contributed by atoms with Gasteiger partial charge in [-0.2, -0.15) is 0 Å². The fourth-order valence-electron chi connectivity index (χ4n) is 2.47. The highest BCUT2D eigenvalue weighted by molar-refractivity contribution is 9.10. The highest BCUT2D eigenvalue weighted by Crippen LogP contribution is 2.21. The predicted octanol–water partition coefficient (Wildman–Crippen LogP) is 3.66. The zero-order valence-electron chi connectivity index (χ0n) is 15.7. The van der Waals surface area contributed by atoms with Crippen molar-refractivity contribution in [3.05, 3.63) is 65.1 Å². The van der Waals surface area contributed by atoms with E-state index in [1.54, 1.807) is 24.3 Å². The molecule has 7 nitrogen and oxygen atoms in total. The van der Waals surface area contributed by atoms with E-state index in [1.807, 2.05) is 31.2 Å². The van der Waals surface area contributed by atoms with E-state index in [-0.39, 0.29) is 18.0 Å². The number of nitrogens with zero attached hydrogens (tertiary/aromatic N) is 2. The van der Waals surface area contributed by atoms with Crippen molar-refractivity contribution in [1.29, 1.82) is 0 Å². The number of nitrogens with one attached hydrogen (secondary N) is 1. The molecule has 3 rings (SSSR count). The number of ether oxygens (including phenoxy) is 2. The molecule has 1 N–H and O–H groups in total. The average molecular weight is 478 g/mol. The van der Waals surface area contributed by atoms with Crippen LogP contribution in [0.15, 0.2) is 70.0 Å². The summed E-state index contributed by atoms with van der Waals surface area (Å²) in [5.41, 5.74) is 1.62. The Morgan fingerprint density at radius 2 is 1.66 bits per heavy atom. The summed E-state index contributed by atoms with van der Waals surface area (Å²) in [6.07, 6.45) is 0. The molecule has 9 heteroatoms. The molecule has 0 fully saturated rings. The molecule has 1 heterocycles. The van der Waals surface area contributed by atoms with Gasteiger partial charge in [-0.25, -0.2) is 13.1 Å². The molecule has 0 saturated heterocycles. The van der Waals surface area contributed by atoms with Gasteiger partial charge < -0.3 is 9.47 Å². The molecular formula is C20H20BrN3O4S. The van der Waals surface area contributed by atoms with Gasteiger partial charge in [-0.1, -0.05) is 15.9 Å². The summed E-state index contributed by atoms with van der Waals surface area (Å²) in [5, 5.41) is 8.18. The largest absolute Gasteiger partial charge is 0.494 e. The molecule has 0 spiro atoms. The van der Waals surface area contributed by atoms with Crippen molar-refractivity contribution in [1.82, 2.24) is 14.9 Å². The zero-order chi connectivity index (χ0) is 20.7. The molecule has 0 unspecified atom stereocenters. The zero-order valence-corrected chi connectivity index (χ0v) is 18.1. The monoisotopic (exact) mass is 477 g/mol. The second kappa shape index (κ2) is 9.82. The number of hydrogen-bond donors (Lipinski definition) is 1. The van der Waals surface area contributed by atoms with Gasteiger partial charge in [0.05, 0.1) is 17.2 Å². The Balaban J connectivity index is 1.50. The van der Waals surface area contributed by atoms with Crippen molar-refractivity contribution in [2.24, 2.45) is 0 Å². The number of sulfonamides is 1. The molecule has 0 atom stereocenters. The van der Waals surface area contributed by atoms with Gasteiger partial charge >= 0.3 is 0 Å². The van der Waals surface area contributed by atoms with E-state index >= 15 is 0 Å². The summed E-state index contributed by atoms with van der Waals surface area (Å²) >= 11 is 3.28. The minimum absolute atomic E-state index is 0.112. The van der Waals surface area contributed by atoms with Gasteiger partial charge in [-0.15, -0.1) is 10.2 Å². The number of aromatic nitrogens is 2. The van der Waals surface area contributed by atoms with E-state index in [4.69, 9.17) is 9.47 Å². The van der Waals surface area contributed by atoms with Crippen molar-refractivity contribution in [2.45, 2.75) is 11.8 Å². The number of rotatable bonds is 9. The van der Waals surface area contributed by atoms with E-state index in [9.17, 15) is 8.42 Å². The van der Waals surface area contributed by atoms with Gasteiger partial charge in [-0.05, 0) is 61.5 Å². The Bertz CT molecular complexity index is 1020. The fourth-order valence-corrected chi connectivity index (χ4v) is 3.75. The first-order valence-electron chi connectivity index (χ1n) is 8.93. The van der Waals surface area contributed by atoms with Crippen LogP contribution in [0.25, 0.3) is 11.3 Å². The molecule has 152 valence electrons. The van der Waals surface area contributed by atoms with Crippen LogP contribution in [0.1, 0.15) is 6.92 Å². The summed E-state index contributed by atoms with van der Waals surface area (Å²) < 4.78 is 38.6. The Hall–Kier alpha value is -2.49. The molecule has 0 saturated carbocycles. The summed E-state index contributed by atoms with van der Waals surface area (Å²) in [5.74, 6) is 1.12. The van der Waals surface area contributed by atoms with Crippen molar-refractivity contribution < 1.29 is 17.9 Å². The Labute approximate surface area is 178 Å². The normalized spacial score (nSPS) is 11.2. The van der Waals surface area contributed by atoms with Crippen LogP contribution in [0, 0.1) is 0 Å². The quantitative estimate of drug-likeness (QED) is 0.472. The summed E-state index contributed by atoms with van der Waals surface area (Å²) in [6, 6.07) is 17.5. The lowest BCUT2D eigenvalue weighted by Crippen LogP contribution is -2.28. The molecule has 29 heavy (non-hydrogen) atoms. The lowest BCUT2D eigenvalue weighted by Gasteiger charge is -2.08. The molecule has 0 aliphatic heterocycles. The van der Waals surface area contributed by atoms with E-state index in [1.165, 1.54) is 12.1 Å². The highest BCUT2D eigenvalue weighted by atomic mass is 79.9. The van der Waals surface area contributed by atoms with Crippen LogP contribution in [-0.4, -0.2) is 38.4 Å². The maximum absolute atomic E-state index is 12.2. The lowest BCUT2D eigenvalue weighted by atomic mass is 10.1. The van der Waals surface area contributed by atoms with E-state index < -0.39 is 10.0 Å². The first-order chi connectivity index (χ1) is 14.0. The fraction of sp³-hybridized carbons (Fsp3) is 0.200. The van der Waals surface area contributed by atoms with E-state index in [0.717, 1.165) is 15.8 Å². The Morgan fingerprint density at radius 1 is 0.931 bits per heavy atom. The highest BCUT2D eigenvalue weighted by Gasteiger charge is 2.13. The first kappa shape index (κ1) is 21.2. The second-order valence-corrected chi connectivity index (χ2v) is 8.60. The third-order valence-corrected chi connectivity index (χ3v) is 5.87. The lowest BCUT2D eigenvalue weighted by molar-refractivity contribution is 0.307. The van der Waals surface area contributed by atoms with Gasteiger partial charge in [0.25, 0.3) is 0 Å². The Morgan fingerprint density at radius 3 is 2.28 bits per heavy atom. The molecule has 0 aliphatic carbocycles. The maximum Gasteiger partial charge on any atom is 0.240 e. The third-order valence-electron chi connectivity index (χ3n) is 3.87. The standard InChI is InChI=1S/C20H20BrN3O4S/c1-2-27-17-7-3-15(4-8-17)19-11-12-20(24-23-19)28-14-13-22-29(25,26)18-9-5-16(21)6-10-18/h3-12,22H,2,13-14H2,1H3. The van der Waals surface area contributed by atoms with Crippen LogP contribution in [0.5, 0.6) is 11.6 Å². The van der Waals surface area contributed by atoms with Crippen molar-refractivity contribution in [3.63, 3.8) is 0 Å². The molecule has 0 radical (unpaired) electrons. The van der Waals surface area contributed by atoms with Crippen LogP contribution in [0.3, 0.4) is 0 Å². The average Bonchev–Trinajstić information content (AvgIpc) is 2.73. The van der Waals surface area contributed by atoms with Crippen LogP contribution in [0.2, 0.25) is 0 Å². The molecule has 1 aromatic heterocycles. The Kier molecular flexibility index (Phi) is 7.18. The van der Waals surface area contributed by atoms with Gasteiger partial charge in [0.1, 0.15) is 12.4 Å². The van der Waals surface area contributed by atoms with Crippen LogP contribution < -0.4 is 14.2 Å². The van der Waals surface area contributed by atoms with Crippen molar-refractivity contribution >= 4 is 26.0 Å². The molecule has 2 aromatic carbocycles. The minimum atomic E-state index is -3.58. The summed E-state index contributed by atoms with van der Waals surface area (Å²) in [6.45, 7) is 2.79. The molecule has 3 aromatic rings. The topological polar surface area (TPSA) is 90.4 Å². The maximum atomic E-state index is 12.2. The van der Waals surface area contributed by atoms with Gasteiger partial charge in [0.2, 0.25) is 15.9 Å². The number of halogens is 1. The van der Waals surface area contributed by atoms with Crippen molar-refractivity contribution in [2.75, 3.05) is 19.8 Å². The van der Waals surface area contributed by atoms with Crippen LogP contribution in [-0.2, 0) is 10.0 Å². The second-order valence-electron chi connectivity index (χ2n) is 5.91. The summed E-state index contributed by atoms with van der Waals surface area (Å²) in [7, 11) is -3.58. The molecule has 0 aliphatic rings. The molecule has 0 bridgehead atoms. The summed E-state index contributed by atoms with van der Waals surface area (Å²) in [4.78, 5) is 0.195. The number of hydrogen-bond acceptors (Lipinski definition) is 6. The first-order valence-corrected chi connectivity index (χ1v) is 11.2. The van der Waals surface area contributed by atoms with Crippen LogP contribution >= 0.6 is 15.9 Å². The number of benzene rings is 2. The van der Waals surface area contributed by atoms with Gasteiger partial charge in [0.15, 0.2) is 0 Å². The van der Waals surface area contributed by atoms with Crippen LogP contribution in [0.4, 0.5) is 0 Å². The van der Waals surface area contributed by atoms with E-state index in [2.05, 4.69) is 30.8 Å². The predicted molar refractivity (Wildman–Crippen MR) is 113 cm³/mol. The third kappa shape index (κ3) is 5.99. The van der Waals surface area contributed by atoms with E-state index in [0.29, 0.717) is 18.2 Å². The minimum Gasteiger partial charge on any atom is -0.494 e. The van der Waals surface area contributed by atoms with Gasteiger partial charge in [0, 0.05) is 22.6 Å². The SMILES string of the molecule is CCOc1ccc(-c2ccc(OCCNS(=O)(=O)c3ccc(Br)cc3)nn2)cc1. The van der Waals surface area contributed by atoms with Gasteiger partial charge in [-0.3, -0.25) is 0 Å². The van der Waals surface area contributed by atoms with Crippen molar-refractivity contribution in [3.8, 4) is 22.9 Å². The molecule has 0 amide bonds. The smallest absolute Gasteiger partial charge is 0.240 e. The molecular weight excluding hydrogens is 458 g/mol.